The van der Waals surface area contributed by atoms with E-state index in [-0.39, 0.29) is 17.9 Å². The number of nitrogens with zero attached hydrogens (tertiary/aromatic N) is 2. The normalized spacial score (nSPS) is 26.5. The van der Waals surface area contributed by atoms with Crippen LogP contribution in [-0.2, 0) is 16.1 Å². The summed E-state index contributed by atoms with van der Waals surface area (Å²) in [6.07, 6.45) is 6.95. The number of benzene rings is 2. The van der Waals surface area contributed by atoms with Gasteiger partial charge in [0.1, 0.15) is 0 Å². The predicted molar refractivity (Wildman–Crippen MR) is 134 cm³/mol. The number of rotatable bonds is 4. The summed E-state index contributed by atoms with van der Waals surface area (Å²) in [6, 6.07) is 18.6. The quantitative estimate of drug-likeness (QED) is 0.584. The third kappa shape index (κ3) is 4.89. The highest BCUT2D eigenvalue weighted by Crippen LogP contribution is 2.44. The Kier molecular flexibility index (Phi) is 6.59. The summed E-state index contributed by atoms with van der Waals surface area (Å²) in [7, 11) is 0. The highest BCUT2D eigenvalue weighted by atomic mass is 32.2. The molecule has 33 heavy (non-hydrogen) atoms. The van der Waals surface area contributed by atoms with E-state index in [1.54, 1.807) is 11.8 Å². The minimum Gasteiger partial charge on any atom is -0.342 e. The van der Waals surface area contributed by atoms with Crippen LogP contribution >= 0.6 is 11.8 Å². The number of hydrogen-bond donors (Lipinski definition) is 0. The molecular formula is C28H32N2O2S. The Hall–Kier alpha value is -2.53. The van der Waals surface area contributed by atoms with Crippen molar-refractivity contribution < 1.29 is 9.59 Å². The van der Waals surface area contributed by atoms with Gasteiger partial charge >= 0.3 is 0 Å². The van der Waals surface area contributed by atoms with Crippen molar-refractivity contribution in [3.63, 3.8) is 0 Å². The molecule has 3 aliphatic rings. The minimum absolute atomic E-state index is 0.0393. The molecule has 172 valence electrons. The van der Waals surface area contributed by atoms with Crippen molar-refractivity contribution in [2.75, 3.05) is 13.1 Å². The Labute approximate surface area is 201 Å². The van der Waals surface area contributed by atoms with E-state index < -0.39 is 0 Å². The third-order valence-electron chi connectivity index (χ3n) is 7.20. The Morgan fingerprint density at radius 3 is 2.61 bits per heavy atom. The Morgan fingerprint density at radius 2 is 1.85 bits per heavy atom. The van der Waals surface area contributed by atoms with Crippen molar-refractivity contribution in [2.45, 2.75) is 56.9 Å². The smallest absolute Gasteiger partial charge is 0.260 e. The van der Waals surface area contributed by atoms with Gasteiger partial charge in [0.2, 0.25) is 5.91 Å². The highest BCUT2D eigenvalue weighted by Gasteiger charge is 2.45. The Bertz CT molecular complexity index is 1040. The van der Waals surface area contributed by atoms with Crippen molar-refractivity contribution in [1.82, 2.24) is 9.80 Å². The first-order chi connectivity index (χ1) is 16.1. The summed E-state index contributed by atoms with van der Waals surface area (Å²) in [5.74, 6) is 0.447. The summed E-state index contributed by atoms with van der Waals surface area (Å²) in [5, 5.41) is 0.338. The Morgan fingerprint density at radius 1 is 1.06 bits per heavy atom. The van der Waals surface area contributed by atoms with E-state index in [0.29, 0.717) is 17.7 Å². The van der Waals surface area contributed by atoms with Crippen LogP contribution in [0.5, 0.6) is 0 Å². The van der Waals surface area contributed by atoms with Crippen LogP contribution < -0.4 is 0 Å². The van der Waals surface area contributed by atoms with Gasteiger partial charge in [0.15, 0.2) is 0 Å². The first-order valence-electron chi connectivity index (χ1n) is 12.2. The number of fused-ring (bicyclic) bond motifs is 1. The topological polar surface area (TPSA) is 40.6 Å². The fourth-order valence-electron chi connectivity index (χ4n) is 5.50. The average molecular weight is 461 g/mol. The molecule has 5 rings (SSSR count). The van der Waals surface area contributed by atoms with E-state index in [9.17, 15) is 9.59 Å². The van der Waals surface area contributed by atoms with Crippen LogP contribution in [0.15, 0.2) is 59.5 Å². The van der Waals surface area contributed by atoms with Gasteiger partial charge in [-0.05, 0) is 56.2 Å². The zero-order valence-corrected chi connectivity index (χ0v) is 20.1. The maximum Gasteiger partial charge on any atom is 0.260 e. The SMILES string of the molecule is Cc1cccc(CN2C(=O)/C(=C/c3ccccc3)SC3CCC(C(=O)N4CCCC4)CC32)c1. The van der Waals surface area contributed by atoms with E-state index in [1.165, 1.54) is 5.56 Å². The van der Waals surface area contributed by atoms with Crippen molar-refractivity contribution in [3.8, 4) is 0 Å². The third-order valence-corrected chi connectivity index (χ3v) is 8.60. The van der Waals surface area contributed by atoms with Gasteiger partial charge in [-0.25, -0.2) is 0 Å². The lowest BCUT2D eigenvalue weighted by atomic mass is 9.83. The van der Waals surface area contributed by atoms with Gasteiger partial charge in [-0.3, -0.25) is 9.59 Å². The lowest BCUT2D eigenvalue weighted by molar-refractivity contribution is -0.139. The molecule has 2 aliphatic heterocycles. The number of carbonyl (C=O) groups excluding carboxylic acids is 2. The zero-order valence-electron chi connectivity index (χ0n) is 19.3. The van der Waals surface area contributed by atoms with Crippen LogP contribution in [0.25, 0.3) is 6.08 Å². The molecule has 0 radical (unpaired) electrons. The number of thioether (sulfide) groups is 1. The summed E-state index contributed by atoms with van der Waals surface area (Å²) in [5.41, 5.74) is 3.41. The molecule has 2 heterocycles. The predicted octanol–water partition coefficient (Wildman–Crippen LogP) is 5.27. The van der Waals surface area contributed by atoms with E-state index in [1.807, 2.05) is 36.4 Å². The molecule has 0 aromatic heterocycles. The van der Waals surface area contributed by atoms with Crippen molar-refractivity contribution >= 4 is 29.7 Å². The number of hydrogen-bond acceptors (Lipinski definition) is 3. The lowest BCUT2D eigenvalue weighted by Gasteiger charge is -2.46. The number of likely N-dealkylation sites (tertiary alicyclic amines) is 1. The van der Waals surface area contributed by atoms with Gasteiger partial charge in [-0.15, -0.1) is 11.8 Å². The molecule has 0 spiro atoms. The molecular weight excluding hydrogens is 428 g/mol. The van der Waals surface area contributed by atoms with E-state index in [2.05, 4.69) is 41.0 Å². The molecule has 2 saturated heterocycles. The standard InChI is InChI=1S/C28H32N2O2S/c1-20-8-7-11-22(16-20)19-30-24-18-23(27(31)29-14-5-6-15-29)12-13-25(24)33-26(28(30)32)17-21-9-3-2-4-10-21/h2-4,7-11,16-17,23-25H,5-6,12-15,18-19H2,1H3/b26-17-. The molecule has 4 nitrogen and oxygen atoms in total. The largest absolute Gasteiger partial charge is 0.342 e. The molecule has 2 aromatic rings. The first-order valence-corrected chi connectivity index (χ1v) is 13.0. The number of aryl methyl sites for hydroxylation is 1. The van der Waals surface area contributed by atoms with Gasteiger partial charge in [0, 0.05) is 36.8 Å². The van der Waals surface area contributed by atoms with Crippen LogP contribution in [0.4, 0.5) is 0 Å². The van der Waals surface area contributed by atoms with E-state index in [4.69, 9.17) is 0 Å². The number of carbonyl (C=O) groups is 2. The summed E-state index contributed by atoms with van der Waals surface area (Å²) in [4.78, 5) is 31.9. The fourth-order valence-corrected chi connectivity index (χ4v) is 6.92. The summed E-state index contributed by atoms with van der Waals surface area (Å²) < 4.78 is 0. The van der Waals surface area contributed by atoms with Crippen LogP contribution in [0.3, 0.4) is 0 Å². The van der Waals surface area contributed by atoms with Crippen molar-refractivity contribution in [3.05, 3.63) is 76.2 Å². The molecule has 3 atom stereocenters. The van der Waals surface area contributed by atoms with Crippen LogP contribution in [-0.4, -0.2) is 46.0 Å². The van der Waals surface area contributed by atoms with Gasteiger partial charge < -0.3 is 9.80 Å². The molecule has 2 amide bonds. The summed E-state index contributed by atoms with van der Waals surface area (Å²) in [6.45, 7) is 4.48. The minimum atomic E-state index is 0.0393. The van der Waals surface area contributed by atoms with Gasteiger partial charge in [-0.2, -0.15) is 0 Å². The monoisotopic (exact) mass is 460 g/mol. The van der Waals surface area contributed by atoms with E-state index >= 15 is 0 Å². The van der Waals surface area contributed by atoms with Crippen molar-refractivity contribution in [2.24, 2.45) is 5.92 Å². The molecule has 3 unspecified atom stereocenters. The zero-order chi connectivity index (χ0) is 22.8. The molecule has 2 aromatic carbocycles. The van der Waals surface area contributed by atoms with Gasteiger partial charge in [-0.1, -0.05) is 60.2 Å². The average Bonchev–Trinajstić information content (AvgIpc) is 3.37. The second kappa shape index (κ2) is 9.76. The lowest BCUT2D eigenvalue weighted by Crippen LogP contribution is -2.53. The van der Waals surface area contributed by atoms with Crippen LogP contribution in [0.1, 0.15) is 48.8 Å². The number of amides is 2. The maximum absolute atomic E-state index is 13.7. The molecule has 3 fully saturated rings. The molecule has 5 heteroatoms. The summed E-state index contributed by atoms with van der Waals surface area (Å²) >= 11 is 1.73. The maximum atomic E-state index is 13.7. The highest BCUT2D eigenvalue weighted by molar-refractivity contribution is 8.04. The van der Waals surface area contributed by atoms with E-state index in [0.717, 1.165) is 61.2 Å². The Balaban J connectivity index is 1.42. The van der Waals surface area contributed by atoms with Gasteiger partial charge in [0.05, 0.1) is 4.91 Å². The molecule has 0 N–H and O–H groups in total. The molecule has 1 aliphatic carbocycles. The molecule has 1 saturated carbocycles. The van der Waals surface area contributed by atoms with Crippen LogP contribution in [0, 0.1) is 12.8 Å². The van der Waals surface area contributed by atoms with Crippen molar-refractivity contribution in [1.29, 1.82) is 0 Å². The van der Waals surface area contributed by atoms with Gasteiger partial charge in [0.25, 0.3) is 5.91 Å². The fraction of sp³-hybridized carbons (Fsp3) is 0.429. The second-order valence-corrected chi connectivity index (χ2v) is 10.9. The first kappa shape index (κ1) is 22.3. The second-order valence-electron chi connectivity index (χ2n) is 9.61. The van der Waals surface area contributed by atoms with Crippen LogP contribution in [0.2, 0.25) is 0 Å². The molecule has 0 bridgehead atoms.